The lowest BCUT2D eigenvalue weighted by atomic mass is 10.1. The van der Waals surface area contributed by atoms with Crippen molar-refractivity contribution in [2.45, 2.75) is 12.7 Å². The minimum atomic E-state index is -4.36. The molecule has 3 aromatic rings. The smallest absolute Gasteiger partial charge is 0.378 e. The number of alkyl halides is 3. The number of benzene rings is 2. The van der Waals surface area contributed by atoms with E-state index in [1.165, 1.54) is 12.4 Å². The van der Waals surface area contributed by atoms with Crippen molar-refractivity contribution in [3.8, 4) is 0 Å². The van der Waals surface area contributed by atoms with E-state index in [0.717, 1.165) is 23.5 Å². The average Bonchev–Trinajstić information content (AvgIpc) is 2.66. The van der Waals surface area contributed by atoms with Crippen LogP contribution in [-0.4, -0.2) is 24.1 Å². The highest BCUT2D eigenvalue weighted by molar-refractivity contribution is 5.64. The summed E-state index contributed by atoms with van der Waals surface area (Å²) >= 11 is 0. The molecule has 0 saturated carbocycles. The first-order chi connectivity index (χ1) is 13.3. The molecule has 0 bridgehead atoms. The van der Waals surface area contributed by atoms with Gasteiger partial charge in [-0.1, -0.05) is 18.2 Å². The minimum absolute atomic E-state index is 0.219. The van der Waals surface area contributed by atoms with E-state index in [-0.39, 0.29) is 6.54 Å². The van der Waals surface area contributed by atoms with Gasteiger partial charge in [0.2, 0.25) is 0 Å². The minimum Gasteiger partial charge on any atom is -0.378 e. The molecule has 0 saturated heterocycles. The van der Waals surface area contributed by atoms with Crippen molar-refractivity contribution < 1.29 is 13.2 Å². The highest BCUT2D eigenvalue weighted by atomic mass is 19.4. The fourth-order valence-electron chi connectivity index (χ4n) is 2.58. The van der Waals surface area contributed by atoms with E-state index in [1.807, 2.05) is 43.3 Å². The predicted octanol–water partition coefficient (Wildman–Crippen LogP) is 4.92. The Morgan fingerprint density at radius 1 is 0.929 bits per heavy atom. The summed E-state index contributed by atoms with van der Waals surface area (Å²) in [6.45, 7) is 0.219. The van der Waals surface area contributed by atoms with Crippen molar-refractivity contribution in [3.05, 3.63) is 72.1 Å². The van der Waals surface area contributed by atoms with Gasteiger partial charge < -0.3 is 15.5 Å². The van der Waals surface area contributed by atoms with Gasteiger partial charge in [0, 0.05) is 38.1 Å². The van der Waals surface area contributed by atoms with Crippen LogP contribution in [0.4, 0.5) is 36.2 Å². The van der Waals surface area contributed by atoms with Gasteiger partial charge in [0.1, 0.15) is 18.0 Å². The van der Waals surface area contributed by atoms with Crippen LogP contribution in [0, 0.1) is 0 Å². The summed E-state index contributed by atoms with van der Waals surface area (Å²) in [5, 5.41) is 6.23. The van der Waals surface area contributed by atoms with E-state index in [1.54, 1.807) is 12.1 Å². The summed E-state index contributed by atoms with van der Waals surface area (Å²) in [7, 11) is 3.92. The molecule has 2 aromatic carbocycles. The van der Waals surface area contributed by atoms with Crippen molar-refractivity contribution in [1.29, 1.82) is 0 Å². The summed E-state index contributed by atoms with van der Waals surface area (Å²) < 4.78 is 38.5. The first-order valence-corrected chi connectivity index (χ1v) is 8.58. The molecule has 146 valence electrons. The molecule has 1 heterocycles. The van der Waals surface area contributed by atoms with Gasteiger partial charge in [-0.2, -0.15) is 13.2 Å². The number of rotatable bonds is 6. The molecule has 28 heavy (non-hydrogen) atoms. The Morgan fingerprint density at radius 3 is 2.43 bits per heavy atom. The van der Waals surface area contributed by atoms with E-state index in [2.05, 4.69) is 20.6 Å². The van der Waals surface area contributed by atoms with Crippen LogP contribution in [0.1, 0.15) is 11.1 Å². The zero-order chi connectivity index (χ0) is 20.1. The van der Waals surface area contributed by atoms with Gasteiger partial charge in [0.05, 0.1) is 5.56 Å². The zero-order valence-corrected chi connectivity index (χ0v) is 15.5. The Kier molecular flexibility index (Phi) is 5.67. The number of hydrogen-bond donors (Lipinski definition) is 2. The van der Waals surface area contributed by atoms with E-state index in [0.29, 0.717) is 17.2 Å². The molecule has 0 radical (unpaired) electrons. The van der Waals surface area contributed by atoms with Crippen LogP contribution in [0.15, 0.2) is 60.9 Å². The lowest BCUT2D eigenvalue weighted by Gasteiger charge is -2.14. The fraction of sp³-hybridized carbons (Fsp3) is 0.200. The average molecular weight is 387 g/mol. The molecule has 2 N–H and O–H groups in total. The number of nitrogens with zero attached hydrogens (tertiary/aromatic N) is 3. The molecule has 0 atom stereocenters. The van der Waals surface area contributed by atoms with Crippen molar-refractivity contribution in [2.75, 3.05) is 29.6 Å². The summed E-state index contributed by atoms with van der Waals surface area (Å²) in [5.41, 5.74) is 1.76. The topological polar surface area (TPSA) is 53.1 Å². The van der Waals surface area contributed by atoms with Gasteiger partial charge in [-0.25, -0.2) is 9.97 Å². The first kappa shape index (κ1) is 19.5. The predicted molar refractivity (Wildman–Crippen MR) is 105 cm³/mol. The standard InChI is InChI=1S/C20H20F3N5/c1-28(2)17-8-4-7-16(10-17)27-19-11-18(25-13-26-19)24-12-14-5-3-6-15(9-14)20(21,22)23/h3-11,13H,12H2,1-2H3,(H2,24,25,26,27). The van der Waals surface area contributed by atoms with Crippen LogP contribution in [0.5, 0.6) is 0 Å². The highest BCUT2D eigenvalue weighted by Crippen LogP contribution is 2.29. The summed E-state index contributed by atoms with van der Waals surface area (Å²) in [6, 6.07) is 14.7. The molecule has 5 nitrogen and oxygen atoms in total. The Labute approximate surface area is 161 Å². The number of hydrogen-bond acceptors (Lipinski definition) is 5. The fourth-order valence-corrected chi connectivity index (χ4v) is 2.58. The van der Waals surface area contributed by atoms with E-state index in [9.17, 15) is 13.2 Å². The SMILES string of the molecule is CN(C)c1cccc(Nc2cc(NCc3cccc(C(F)(F)F)c3)ncn2)c1. The lowest BCUT2D eigenvalue weighted by Crippen LogP contribution is -2.09. The molecule has 1 aromatic heterocycles. The third-order valence-corrected chi connectivity index (χ3v) is 4.03. The molecule has 0 aliphatic rings. The van der Waals surface area contributed by atoms with Crippen molar-refractivity contribution in [1.82, 2.24) is 9.97 Å². The van der Waals surface area contributed by atoms with Crippen molar-refractivity contribution in [2.24, 2.45) is 0 Å². The first-order valence-electron chi connectivity index (χ1n) is 8.58. The van der Waals surface area contributed by atoms with Crippen molar-refractivity contribution in [3.63, 3.8) is 0 Å². The highest BCUT2D eigenvalue weighted by Gasteiger charge is 2.30. The van der Waals surface area contributed by atoms with Crippen LogP contribution in [-0.2, 0) is 12.7 Å². The molecule has 0 aliphatic heterocycles. The maximum Gasteiger partial charge on any atom is 0.416 e. The molecule has 0 amide bonds. The number of anilines is 4. The molecule has 0 spiro atoms. The van der Waals surface area contributed by atoms with Crippen LogP contribution >= 0.6 is 0 Å². The van der Waals surface area contributed by atoms with Crippen molar-refractivity contribution >= 4 is 23.0 Å². The lowest BCUT2D eigenvalue weighted by molar-refractivity contribution is -0.137. The number of nitrogens with one attached hydrogen (secondary N) is 2. The van der Waals surface area contributed by atoms with Gasteiger partial charge in [0.15, 0.2) is 0 Å². The monoisotopic (exact) mass is 387 g/mol. The van der Waals surface area contributed by atoms with Gasteiger partial charge in [-0.3, -0.25) is 0 Å². The zero-order valence-electron chi connectivity index (χ0n) is 15.5. The molecule has 3 rings (SSSR count). The van der Waals surface area contributed by atoms with Crippen LogP contribution in [0.25, 0.3) is 0 Å². The molecular formula is C20H20F3N5. The Morgan fingerprint density at radius 2 is 1.68 bits per heavy atom. The van der Waals surface area contributed by atoms with E-state index >= 15 is 0 Å². The number of halogens is 3. The maximum absolute atomic E-state index is 12.8. The maximum atomic E-state index is 12.8. The van der Waals surface area contributed by atoms with Gasteiger partial charge in [-0.15, -0.1) is 0 Å². The molecule has 0 fully saturated rings. The second kappa shape index (κ2) is 8.16. The van der Waals surface area contributed by atoms with Crippen LogP contribution in [0.2, 0.25) is 0 Å². The second-order valence-electron chi connectivity index (χ2n) is 6.41. The quantitative estimate of drug-likeness (QED) is 0.629. The molecule has 0 aliphatic carbocycles. The summed E-state index contributed by atoms with van der Waals surface area (Å²) in [5.74, 6) is 1.09. The summed E-state index contributed by atoms with van der Waals surface area (Å²) in [6.07, 6.45) is -2.96. The normalized spacial score (nSPS) is 11.2. The van der Waals surface area contributed by atoms with E-state index < -0.39 is 11.7 Å². The third-order valence-electron chi connectivity index (χ3n) is 4.03. The van der Waals surface area contributed by atoms with E-state index in [4.69, 9.17) is 0 Å². The van der Waals surface area contributed by atoms with Gasteiger partial charge >= 0.3 is 6.18 Å². The summed E-state index contributed by atoms with van der Waals surface area (Å²) in [4.78, 5) is 10.3. The Balaban J connectivity index is 1.68. The van der Waals surface area contributed by atoms with Crippen LogP contribution in [0.3, 0.4) is 0 Å². The Hall–Kier alpha value is -3.29. The molecular weight excluding hydrogens is 367 g/mol. The second-order valence-corrected chi connectivity index (χ2v) is 6.41. The van der Waals surface area contributed by atoms with Gasteiger partial charge in [-0.05, 0) is 35.9 Å². The third kappa shape index (κ3) is 5.12. The van der Waals surface area contributed by atoms with Crippen LogP contribution < -0.4 is 15.5 Å². The Bertz CT molecular complexity index is 941. The largest absolute Gasteiger partial charge is 0.416 e. The van der Waals surface area contributed by atoms with Gasteiger partial charge in [0.25, 0.3) is 0 Å². The molecule has 0 unspecified atom stereocenters. The number of aromatic nitrogens is 2. The molecule has 8 heteroatoms.